The largest absolute Gasteiger partial charge is 0.493 e. The highest BCUT2D eigenvalue weighted by Crippen LogP contribution is 2.27. The van der Waals surface area contributed by atoms with Gasteiger partial charge in [0.15, 0.2) is 11.5 Å². The van der Waals surface area contributed by atoms with Gasteiger partial charge in [0.2, 0.25) is 5.91 Å². The van der Waals surface area contributed by atoms with Gasteiger partial charge in [-0.2, -0.15) is 0 Å². The number of nitrogens with one attached hydrogen (secondary N) is 2. The van der Waals surface area contributed by atoms with E-state index in [4.69, 9.17) is 9.47 Å². The Kier molecular flexibility index (Phi) is 7.44. The van der Waals surface area contributed by atoms with Crippen LogP contribution in [-0.2, 0) is 11.2 Å². The van der Waals surface area contributed by atoms with Gasteiger partial charge in [0.05, 0.1) is 20.1 Å². The number of ether oxygens (including phenoxy) is 2. The quantitative estimate of drug-likeness (QED) is 0.717. The number of benzene rings is 2. The molecule has 1 unspecified atom stereocenters. The zero-order valence-corrected chi connectivity index (χ0v) is 17.0. The van der Waals surface area contributed by atoms with Gasteiger partial charge in [0, 0.05) is 5.56 Å². The van der Waals surface area contributed by atoms with E-state index in [-0.39, 0.29) is 11.8 Å². The maximum Gasteiger partial charge on any atom is 0.269 e. The summed E-state index contributed by atoms with van der Waals surface area (Å²) in [5.41, 5.74) is 7.41. The summed E-state index contributed by atoms with van der Waals surface area (Å²) in [6, 6.07) is 12.8. The lowest BCUT2D eigenvalue weighted by molar-refractivity contribution is -0.123. The molecule has 0 spiro atoms. The van der Waals surface area contributed by atoms with E-state index in [1.54, 1.807) is 25.1 Å². The summed E-state index contributed by atoms with van der Waals surface area (Å²) in [7, 11) is 3.02. The summed E-state index contributed by atoms with van der Waals surface area (Å²) in [6.07, 6.45) is 1.00. The predicted octanol–water partition coefficient (Wildman–Crippen LogP) is 3.47. The van der Waals surface area contributed by atoms with Crippen molar-refractivity contribution >= 4 is 11.8 Å². The number of methoxy groups -OCH3 is 2. The molecule has 2 amide bonds. The first-order valence-electron chi connectivity index (χ1n) is 9.26. The van der Waals surface area contributed by atoms with Gasteiger partial charge in [-0.1, -0.05) is 38.1 Å². The fourth-order valence-corrected chi connectivity index (χ4v) is 2.84. The number of carbonyl (C=O) groups excluding carboxylic acids is 2. The topological polar surface area (TPSA) is 76.7 Å². The SMILES string of the molecule is COc1ccc(C(=O)NNC(=O)C(C)c2ccc(CC(C)C)cc2)cc1OC. The minimum Gasteiger partial charge on any atom is -0.493 e. The Morgan fingerprint density at radius 1 is 0.893 bits per heavy atom. The zero-order valence-electron chi connectivity index (χ0n) is 17.0. The van der Waals surface area contributed by atoms with Crippen molar-refractivity contribution in [3.63, 3.8) is 0 Å². The maximum atomic E-state index is 12.4. The monoisotopic (exact) mass is 384 g/mol. The van der Waals surface area contributed by atoms with Crippen LogP contribution in [0.1, 0.15) is 48.2 Å². The molecular formula is C22H28N2O4. The number of amides is 2. The van der Waals surface area contributed by atoms with Crippen molar-refractivity contribution in [2.75, 3.05) is 14.2 Å². The fourth-order valence-electron chi connectivity index (χ4n) is 2.84. The van der Waals surface area contributed by atoms with Crippen LogP contribution in [0.25, 0.3) is 0 Å². The number of hydrogen-bond acceptors (Lipinski definition) is 4. The Morgan fingerprint density at radius 2 is 1.54 bits per heavy atom. The van der Waals surface area contributed by atoms with E-state index in [2.05, 4.69) is 24.7 Å². The van der Waals surface area contributed by atoms with Crippen LogP contribution >= 0.6 is 0 Å². The molecule has 0 aromatic heterocycles. The van der Waals surface area contributed by atoms with Crippen molar-refractivity contribution in [2.24, 2.45) is 5.92 Å². The molecule has 0 aliphatic carbocycles. The Labute approximate surface area is 166 Å². The molecule has 0 heterocycles. The average molecular weight is 384 g/mol. The van der Waals surface area contributed by atoms with Crippen molar-refractivity contribution in [1.29, 1.82) is 0 Å². The average Bonchev–Trinajstić information content (AvgIpc) is 2.70. The van der Waals surface area contributed by atoms with Gasteiger partial charge in [-0.3, -0.25) is 20.4 Å². The molecule has 150 valence electrons. The van der Waals surface area contributed by atoms with Crippen molar-refractivity contribution in [2.45, 2.75) is 33.1 Å². The normalized spacial score (nSPS) is 11.6. The molecule has 2 aromatic rings. The van der Waals surface area contributed by atoms with E-state index in [1.165, 1.54) is 19.8 Å². The summed E-state index contributed by atoms with van der Waals surface area (Å²) in [5.74, 6) is 0.436. The second-order valence-corrected chi connectivity index (χ2v) is 7.07. The first-order valence-corrected chi connectivity index (χ1v) is 9.26. The molecule has 0 fully saturated rings. The van der Waals surface area contributed by atoms with Crippen LogP contribution in [-0.4, -0.2) is 26.0 Å². The van der Waals surface area contributed by atoms with Crippen LogP contribution in [0.3, 0.4) is 0 Å². The van der Waals surface area contributed by atoms with Crippen LogP contribution in [0.2, 0.25) is 0 Å². The number of hydrazine groups is 1. The summed E-state index contributed by atoms with van der Waals surface area (Å²) in [5, 5.41) is 0. The lowest BCUT2D eigenvalue weighted by Gasteiger charge is -2.15. The smallest absolute Gasteiger partial charge is 0.269 e. The molecule has 0 saturated carbocycles. The molecule has 0 aliphatic heterocycles. The predicted molar refractivity (Wildman–Crippen MR) is 109 cm³/mol. The van der Waals surface area contributed by atoms with E-state index < -0.39 is 5.91 Å². The van der Waals surface area contributed by atoms with E-state index in [0.29, 0.717) is 23.0 Å². The van der Waals surface area contributed by atoms with Crippen molar-refractivity contribution < 1.29 is 19.1 Å². The third kappa shape index (κ3) is 5.49. The van der Waals surface area contributed by atoms with Crippen LogP contribution in [0, 0.1) is 5.92 Å². The fraction of sp³-hybridized carbons (Fsp3) is 0.364. The minimum atomic E-state index is -0.436. The van der Waals surface area contributed by atoms with Crippen LogP contribution in [0.15, 0.2) is 42.5 Å². The molecule has 0 saturated heterocycles. The molecule has 2 rings (SSSR count). The van der Waals surface area contributed by atoms with Crippen LogP contribution in [0.5, 0.6) is 11.5 Å². The molecule has 0 aliphatic rings. The number of rotatable bonds is 7. The van der Waals surface area contributed by atoms with Gasteiger partial charge < -0.3 is 9.47 Å². The second kappa shape index (κ2) is 9.78. The van der Waals surface area contributed by atoms with E-state index in [1.807, 2.05) is 24.3 Å². The summed E-state index contributed by atoms with van der Waals surface area (Å²) in [6.45, 7) is 6.14. The standard InChI is InChI=1S/C22H28N2O4/c1-14(2)12-16-6-8-17(9-7-16)15(3)21(25)23-24-22(26)18-10-11-19(27-4)20(13-18)28-5/h6-11,13-15H,12H2,1-5H3,(H,23,25)(H,24,26). The zero-order chi connectivity index (χ0) is 20.7. The highest BCUT2D eigenvalue weighted by Gasteiger charge is 2.17. The summed E-state index contributed by atoms with van der Waals surface area (Å²) in [4.78, 5) is 24.7. The first-order chi connectivity index (χ1) is 13.3. The van der Waals surface area contributed by atoms with Crippen LogP contribution in [0.4, 0.5) is 0 Å². The Bertz CT molecular complexity index is 816. The molecule has 6 nitrogen and oxygen atoms in total. The van der Waals surface area contributed by atoms with Gasteiger partial charge >= 0.3 is 0 Å². The minimum absolute atomic E-state index is 0.287. The lowest BCUT2D eigenvalue weighted by atomic mass is 9.96. The number of hydrogen-bond donors (Lipinski definition) is 2. The van der Waals surface area contributed by atoms with E-state index in [0.717, 1.165) is 12.0 Å². The van der Waals surface area contributed by atoms with Gasteiger partial charge in [0.25, 0.3) is 5.91 Å². The Hall–Kier alpha value is -3.02. The lowest BCUT2D eigenvalue weighted by Crippen LogP contribution is -2.43. The second-order valence-electron chi connectivity index (χ2n) is 7.07. The number of carbonyl (C=O) groups is 2. The van der Waals surface area contributed by atoms with E-state index >= 15 is 0 Å². The third-order valence-electron chi connectivity index (χ3n) is 4.46. The van der Waals surface area contributed by atoms with Gasteiger partial charge in [-0.15, -0.1) is 0 Å². The highest BCUT2D eigenvalue weighted by atomic mass is 16.5. The maximum absolute atomic E-state index is 12.4. The van der Waals surface area contributed by atoms with Crippen molar-refractivity contribution in [1.82, 2.24) is 10.9 Å². The molecule has 0 radical (unpaired) electrons. The molecular weight excluding hydrogens is 356 g/mol. The molecule has 2 aromatic carbocycles. The van der Waals surface area contributed by atoms with Gasteiger partial charge in [0.1, 0.15) is 0 Å². The Morgan fingerprint density at radius 3 is 2.11 bits per heavy atom. The van der Waals surface area contributed by atoms with Crippen molar-refractivity contribution in [3.8, 4) is 11.5 Å². The molecule has 1 atom stereocenters. The Balaban J connectivity index is 1.96. The highest BCUT2D eigenvalue weighted by molar-refractivity contribution is 5.96. The molecule has 28 heavy (non-hydrogen) atoms. The van der Waals surface area contributed by atoms with Crippen LogP contribution < -0.4 is 20.3 Å². The summed E-state index contributed by atoms with van der Waals surface area (Å²) < 4.78 is 10.3. The molecule has 0 bridgehead atoms. The van der Waals surface area contributed by atoms with Gasteiger partial charge in [-0.25, -0.2) is 0 Å². The van der Waals surface area contributed by atoms with E-state index in [9.17, 15) is 9.59 Å². The first kappa shape index (κ1) is 21.3. The molecule has 2 N–H and O–H groups in total. The molecule has 6 heteroatoms. The summed E-state index contributed by atoms with van der Waals surface area (Å²) >= 11 is 0. The third-order valence-corrected chi connectivity index (χ3v) is 4.46. The van der Waals surface area contributed by atoms with Gasteiger partial charge in [-0.05, 0) is 48.6 Å². The van der Waals surface area contributed by atoms with Crippen molar-refractivity contribution in [3.05, 3.63) is 59.2 Å².